The van der Waals surface area contributed by atoms with Gasteiger partial charge in [0.1, 0.15) is 0 Å². The Balaban J connectivity index is -0.00000264. The van der Waals surface area contributed by atoms with Crippen molar-refractivity contribution in [3.63, 3.8) is 0 Å². The van der Waals surface area contributed by atoms with E-state index in [9.17, 15) is 4.79 Å². The van der Waals surface area contributed by atoms with Crippen molar-refractivity contribution in [1.82, 2.24) is 5.32 Å². The second-order valence-electron chi connectivity index (χ2n) is 6.95. The third kappa shape index (κ3) is 24.3. The first-order valence-corrected chi connectivity index (χ1v) is 10.7. The molecule has 25 heavy (non-hydrogen) atoms. The second-order valence-corrected chi connectivity index (χ2v) is 6.95. The van der Waals surface area contributed by atoms with E-state index in [1.807, 2.05) is 6.92 Å². The molecule has 146 valence electrons. The minimum absolute atomic E-state index is 0. The van der Waals surface area contributed by atoms with Gasteiger partial charge in [0.05, 0.1) is 6.61 Å². The molecule has 0 rings (SSSR count). The van der Waals surface area contributed by atoms with E-state index < -0.39 is 0 Å². The van der Waals surface area contributed by atoms with Crippen LogP contribution in [0.5, 0.6) is 0 Å². The van der Waals surface area contributed by atoms with E-state index in [1.54, 1.807) is 0 Å². The number of alkyl carbamates (subject to hydrolysis) is 1. The molecule has 0 bridgehead atoms. The Bertz CT molecular complexity index is 268. The molecule has 0 atom stereocenters. The quantitative estimate of drug-likeness (QED) is 0.293. The molecule has 0 saturated carbocycles. The summed E-state index contributed by atoms with van der Waals surface area (Å²) in [7, 11) is 0. The van der Waals surface area contributed by atoms with Crippen LogP contribution < -0.4 is 34.9 Å². The number of rotatable bonds is 18. The van der Waals surface area contributed by atoms with Crippen LogP contribution in [0.25, 0.3) is 0 Å². The molecule has 4 heteroatoms. The van der Waals surface area contributed by atoms with E-state index in [0.717, 1.165) is 13.0 Å². The van der Waals surface area contributed by atoms with Crippen molar-refractivity contribution in [1.29, 1.82) is 0 Å². The molecule has 1 N–H and O–H groups in total. The molecule has 0 aliphatic carbocycles. The number of unbranched alkanes of at least 4 members (excludes halogenated alkanes) is 15. The average molecular weight is 366 g/mol. The van der Waals surface area contributed by atoms with Gasteiger partial charge in [-0.3, -0.25) is 0 Å². The van der Waals surface area contributed by atoms with Crippen LogP contribution in [0.3, 0.4) is 0 Å². The van der Waals surface area contributed by atoms with Crippen molar-refractivity contribution in [2.24, 2.45) is 0 Å². The molecular formula is C21H44NNaO2. The third-order valence-corrected chi connectivity index (χ3v) is 4.58. The molecule has 0 saturated heterocycles. The molecule has 0 unspecified atom stereocenters. The molecule has 3 nitrogen and oxygen atoms in total. The van der Waals surface area contributed by atoms with E-state index in [0.29, 0.717) is 6.61 Å². The zero-order valence-corrected chi connectivity index (χ0v) is 19.5. The van der Waals surface area contributed by atoms with Gasteiger partial charge in [-0.25, -0.2) is 4.79 Å². The first-order valence-electron chi connectivity index (χ1n) is 10.7. The number of ether oxygens (including phenoxy) is 1. The van der Waals surface area contributed by atoms with Crippen molar-refractivity contribution in [2.45, 2.75) is 117 Å². The van der Waals surface area contributed by atoms with Crippen LogP contribution in [-0.2, 0) is 4.74 Å². The number of nitrogens with one attached hydrogen (secondary N) is 1. The SMILES string of the molecule is CCCCCCCCCCCCCCCCCCNC(=O)OCC.[H-].[Na+]. The van der Waals surface area contributed by atoms with E-state index >= 15 is 0 Å². The largest absolute Gasteiger partial charge is 1.00 e. The zero-order valence-electron chi connectivity index (χ0n) is 18.5. The van der Waals surface area contributed by atoms with E-state index in [2.05, 4.69) is 12.2 Å². The molecule has 0 aliphatic rings. The van der Waals surface area contributed by atoms with Gasteiger partial charge in [0, 0.05) is 6.54 Å². The first-order chi connectivity index (χ1) is 11.8. The van der Waals surface area contributed by atoms with Crippen molar-refractivity contribution < 1.29 is 40.5 Å². The Morgan fingerprint density at radius 1 is 0.680 bits per heavy atom. The molecule has 0 aliphatic heterocycles. The van der Waals surface area contributed by atoms with E-state index in [-0.39, 0.29) is 37.1 Å². The van der Waals surface area contributed by atoms with Crippen molar-refractivity contribution in [3.05, 3.63) is 0 Å². The fraction of sp³-hybridized carbons (Fsp3) is 0.952. The van der Waals surface area contributed by atoms with Gasteiger partial charge in [-0.1, -0.05) is 103 Å². The maximum Gasteiger partial charge on any atom is 1.00 e. The molecule has 1 amide bonds. The van der Waals surface area contributed by atoms with E-state index in [1.165, 1.54) is 96.3 Å². The smallest absolute Gasteiger partial charge is 1.00 e. The summed E-state index contributed by atoms with van der Waals surface area (Å²) in [5, 5.41) is 2.77. The van der Waals surface area contributed by atoms with Crippen molar-refractivity contribution >= 4 is 6.09 Å². The zero-order chi connectivity index (χ0) is 17.7. The molecule has 0 radical (unpaired) electrons. The number of hydrogen-bond donors (Lipinski definition) is 1. The van der Waals surface area contributed by atoms with E-state index in [4.69, 9.17) is 4.74 Å². The number of amides is 1. The summed E-state index contributed by atoms with van der Waals surface area (Å²) in [6, 6.07) is 0. The summed E-state index contributed by atoms with van der Waals surface area (Å²) >= 11 is 0. The molecule has 0 aromatic rings. The maximum atomic E-state index is 11.1. The summed E-state index contributed by atoms with van der Waals surface area (Å²) in [6.07, 6.45) is 21.7. The topological polar surface area (TPSA) is 38.3 Å². The molecular weight excluding hydrogens is 321 g/mol. The number of carbonyl (C=O) groups excluding carboxylic acids is 1. The Labute approximate surface area is 181 Å². The van der Waals surface area contributed by atoms with Gasteiger partial charge in [0.25, 0.3) is 0 Å². The van der Waals surface area contributed by atoms with Crippen LogP contribution in [0.15, 0.2) is 0 Å². The van der Waals surface area contributed by atoms with Crippen molar-refractivity contribution in [2.75, 3.05) is 13.2 Å². The molecule has 0 aromatic heterocycles. The predicted molar refractivity (Wildman–Crippen MR) is 106 cm³/mol. The van der Waals surface area contributed by atoms with Crippen LogP contribution in [0, 0.1) is 0 Å². The molecule has 0 heterocycles. The average Bonchev–Trinajstić information content (AvgIpc) is 2.58. The van der Waals surface area contributed by atoms with Gasteiger partial charge in [-0.15, -0.1) is 0 Å². The van der Waals surface area contributed by atoms with Gasteiger partial charge in [0.2, 0.25) is 0 Å². The van der Waals surface area contributed by atoms with Crippen LogP contribution in [0.4, 0.5) is 4.79 Å². The van der Waals surface area contributed by atoms with Gasteiger partial charge in [0.15, 0.2) is 0 Å². The molecule has 0 aromatic carbocycles. The summed E-state index contributed by atoms with van der Waals surface area (Å²) in [5.74, 6) is 0. The van der Waals surface area contributed by atoms with Crippen molar-refractivity contribution in [3.8, 4) is 0 Å². The minimum atomic E-state index is -0.279. The van der Waals surface area contributed by atoms with Crippen LogP contribution in [0.2, 0.25) is 0 Å². The minimum Gasteiger partial charge on any atom is -1.00 e. The predicted octanol–water partition coefficient (Wildman–Crippen LogP) is 4.11. The monoisotopic (exact) mass is 365 g/mol. The summed E-state index contributed by atoms with van der Waals surface area (Å²) in [5.41, 5.74) is 0. The second kappa shape index (κ2) is 24.3. The van der Waals surface area contributed by atoms with Gasteiger partial charge in [-0.05, 0) is 13.3 Å². The maximum absolute atomic E-state index is 11.1. The molecule has 0 fully saturated rings. The Morgan fingerprint density at radius 2 is 1.04 bits per heavy atom. The summed E-state index contributed by atoms with van der Waals surface area (Å²) in [6.45, 7) is 5.31. The standard InChI is InChI=1S/C21H43NO2.Na.H/c1-3-5-6-7-8-9-10-11-12-13-14-15-16-17-18-19-20-22-21(23)24-4-2;;/h3-20H2,1-2H3,(H,22,23);;/q;+1;-1. The number of hydrogen-bond acceptors (Lipinski definition) is 2. The fourth-order valence-electron chi connectivity index (χ4n) is 3.05. The third-order valence-electron chi connectivity index (χ3n) is 4.58. The fourth-order valence-corrected chi connectivity index (χ4v) is 3.05. The van der Waals surface area contributed by atoms with Gasteiger partial charge in [-0.2, -0.15) is 0 Å². The Morgan fingerprint density at radius 3 is 1.40 bits per heavy atom. The number of carbonyl (C=O) groups is 1. The van der Waals surface area contributed by atoms with Crippen LogP contribution >= 0.6 is 0 Å². The molecule has 0 spiro atoms. The normalized spacial score (nSPS) is 10.3. The van der Waals surface area contributed by atoms with Crippen LogP contribution in [-0.4, -0.2) is 19.2 Å². The first kappa shape index (κ1) is 27.5. The summed E-state index contributed by atoms with van der Waals surface area (Å²) in [4.78, 5) is 11.1. The summed E-state index contributed by atoms with van der Waals surface area (Å²) < 4.78 is 4.82. The Hall–Kier alpha value is 0.270. The van der Waals surface area contributed by atoms with Gasteiger partial charge >= 0.3 is 35.7 Å². The Kier molecular flexibility index (Phi) is 26.7. The van der Waals surface area contributed by atoms with Gasteiger partial charge < -0.3 is 11.5 Å². The van der Waals surface area contributed by atoms with Crippen LogP contribution in [0.1, 0.15) is 118 Å².